The minimum atomic E-state index is -1.05. The Bertz CT molecular complexity index is 1080. The monoisotopic (exact) mass is 458 g/mol. The molecule has 3 aliphatic rings. The third-order valence-electron chi connectivity index (χ3n) is 7.46. The number of hydroxylamine groups is 2. The van der Waals surface area contributed by atoms with Gasteiger partial charge in [0.25, 0.3) is 0 Å². The zero-order valence-electron chi connectivity index (χ0n) is 18.9. The van der Waals surface area contributed by atoms with Gasteiger partial charge < -0.3 is 10.2 Å². The first-order valence-corrected chi connectivity index (χ1v) is 12.1. The van der Waals surface area contributed by atoms with Gasteiger partial charge in [-0.1, -0.05) is 66.7 Å². The number of aliphatic hydroxyl groups is 2. The summed E-state index contributed by atoms with van der Waals surface area (Å²) in [5.74, 6) is -0.0544. The van der Waals surface area contributed by atoms with Crippen molar-refractivity contribution in [3.8, 4) is 0 Å². The smallest absolute Gasteiger partial charge is 0.107 e. The highest BCUT2D eigenvalue weighted by atomic mass is 16.7. The van der Waals surface area contributed by atoms with Crippen LogP contribution in [-0.4, -0.2) is 40.6 Å². The molecule has 3 aromatic rings. The maximum Gasteiger partial charge on any atom is 0.107 e. The molecule has 2 heterocycles. The van der Waals surface area contributed by atoms with Gasteiger partial charge in [0.05, 0.1) is 35.7 Å². The van der Waals surface area contributed by atoms with Crippen molar-refractivity contribution in [2.24, 2.45) is 5.92 Å². The van der Waals surface area contributed by atoms with Crippen LogP contribution in [0.3, 0.4) is 0 Å². The van der Waals surface area contributed by atoms with Crippen molar-refractivity contribution in [1.82, 2.24) is 0 Å². The minimum absolute atomic E-state index is 0.0243. The Morgan fingerprint density at radius 3 is 1.94 bits per heavy atom. The standard InChI is InChI=1S/C28H30N2O4/c31-27(19-10-4-1-5-11-19)28(32)26-25-23-18-22(33-29(23)20-12-6-2-7-13-20)16-17-24(25)34-30(26)21-14-8-3-9-15-21/h1-15,22-28,31-32H,16-18H2/t22-,23-,24-,25-,26-,27+,28+/m1/s1. The van der Waals surface area contributed by atoms with E-state index in [1.165, 1.54) is 0 Å². The number of aliphatic hydroxyl groups excluding tert-OH is 2. The van der Waals surface area contributed by atoms with Crippen LogP contribution in [0.25, 0.3) is 0 Å². The van der Waals surface area contributed by atoms with Gasteiger partial charge >= 0.3 is 0 Å². The first-order valence-electron chi connectivity index (χ1n) is 12.1. The highest BCUT2D eigenvalue weighted by Crippen LogP contribution is 2.48. The second-order valence-corrected chi connectivity index (χ2v) is 9.49. The van der Waals surface area contributed by atoms with E-state index in [9.17, 15) is 10.2 Å². The Kier molecular flexibility index (Phi) is 5.75. The predicted molar refractivity (Wildman–Crippen MR) is 130 cm³/mol. The number of anilines is 2. The largest absolute Gasteiger partial charge is 0.388 e. The molecule has 176 valence electrons. The van der Waals surface area contributed by atoms with Gasteiger partial charge in [0.15, 0.2) is 0 Å². The molecule has 0 unspecified atom stereocenters. The highest BCUT2D eigenvalue weighted by molar-refractivity contribution is 5.49. The summed E-state index contributed by atoms with van der Waals surface area (Å²) in [6.45, 7) is 0. The fourth-order valence-corrected chi connectivity index (χ4v) is 5.90. The van der Waals surface area contributed by atoms with Gasteiger partial charge in [0, 0.05) is 5.92 Å². The van der Waals surface area contributed by atoms with Crippen molar-refractivity contribution in [3.63, 3.8) is 0 Å². The lowest BCUT2D eigenvalue weighted by atomic mass is 9.81. The molecule has 3 aromatic carbocycles. The second-order valence-electron chi connectivity index (χ2n) is 9.49. The lowest BCUT2D eigenvalue weighted by Gasteiger charge is -2.38. The summed E-state index contributed by atoms with van der Waals surface area (Å²) in [7, 11) is 0. The van der Waals surface area contributed by atoms with E-state index in [0.29, 0.717) is 5.56 Å². The van der Waals surface area contributed by atoms with Gasteiger partial charge in [-0.25, -0.2) is 5.06 Å². The Labute approximate surface area is 199 Å². The van der Waals surface area contributed by atoms with Gasteiger partial charge in [-0.05, 0) is 49.1 Å². The summed E-state index contributed by atoms with van der Waals surface area (Å²) < 4.78 is 0. The van der Waals surface area contributed by atoms with Gasteiger partial charge in [0.1, 0.15) is 12.2 Å². The maximum atomic E-state index is 11.7. The van der Waals surface area contributed by atoms with Crippen LogP contribution < -0.4 is 10.1 Å². The Balaban J connectivity index is 1.40. The number of para-hydroxylation sites is 2. The van der Waals surface area contributed by atoms with Crippen molar-refractivity contribution in [2.45, 2.75) is 55.8 Å². The molecule has 2 bridgehead atoms. The normalized spacial score (nSPS) is 30.0. The summed E-state index contributed by atoms with van der Waals surface area (Å²) in [6, 6.07) is 29.0. The fourth-order valence-electron chi connectivity index (χ4n) is 5.90. The quantitative estimate of drug-likeness (QED) is 0.596. The molecule has 2 N–H and O–H groups in total. The Hall–Kier alpha value is -2.90. The molecule has 34 heavy (non-hydrogen) atoms. The van der Waals surface area contributed by atoms with Crippen molar-refractivity contribution >= 4 is 11.4 Å². The zero-order chi connectivity index (χ0) is 23.1. The van der Waals surface area contributed by atoms with Crippen LogP contribution in [0.1, 0.15) is 30.9 Å². The minimum Gasteiger partial charge on any atom is -0.388 e. The first-order chi connectivity index (χ1) is 16.7. The van der Waals surface area contributed by atoms with E-state index >= 15 is 0 Å². The van der Waals surface area contributed by atoms with E-state index in [-0.39, 0.29) is 24.2 Å². The van der Waals surface area contributed by atoms with Crippen LogP contribution in [0.5, 0.6) is 0 Å². The average Bonchev–Trinajstić information content (AvgIpc) is 3.44. The van der Waals surface area contributed by atoms with E-state index < -0.39 is 18.2 Å². The summed E-state index contributed by atoms with van der Waals surface area (Å²) in [4.78, 5) is 13.0. The number of benzene rings is 3. The summed E-state index contributed by atoms with van der Waals surface area (Å²) in [5.41, 5.74) is 2.58. The van der Waals surface area contributed by atoms with Crippen LogP contribution >= 0.6 is 0 Å². The zero-order valence-corrected chi connectivity index (χ0v) is 18.9. The van der Waals surface area contributed by atoms with Crippen molar-refractivity contribution in [2.75, 3.05) is 10.1 Å². The molecule has 2 aliphatic heterocycles. The second kappa shape index (κ2) is 9.04. The van der Waals surface area contributed by atoms with Crippen LogP contribution in [-0.2, 0) is 9.68 Å². The first kappa shape index (κ1) is 21.6. The number of hydrogen-bond acceptors (Lipinski definition) is 6. The molecular formula is C28H30N2O4. The molecular weight excluding hydrogens is 428 g/mol. The fraction of sp³-hybridized carbons (Fsp3) is 0.357. The van der Waals surface area contributed by atoms with E-state index in [4.69, 9.17) is 9.68 Å². The van der Waals surface area contributed by atoms with E-state index in [1.54, 1.807) is 0 Å². The van der Waals surface area contributed by atoms with Crippen molar-refractivity contribution in [1.29, 1.82) is 0 Å². The van der Waals surface area contributed by atoms with Crippen LogP contribution in [0.4, 0.5) is 11.4 Å². The molecule has 2 saturated heterocycles. The third kappa shape index (κ3) is 3.77. The number of hydrogen-bond donors (Lipinski definition) is 2. The summed E-state index contributed by atoms with van der Waals surface area (Å²) in [5, 5.41) is 26.8. The van der Waals surface area contributed by atoms with Gasteiger partial charge in [-0.2, -0.15) is 0 Å². The van der Waals surface area contributed by atoms with Crippen LogP contribution in [0.2, 0.25) is 0 Å². The third-order valence-corrected chi connectivity index (χ3v) is 7.46. The topological polar surface area (TPSA) is 65.4 Å². The molecule has 1 saturated carbocycles. The number of rotatable bonds is 5. The molecule has 0 spiro atoms. The lowest BCUT2D eigenvalue weighted by Crippen LogP contribution is -2.51. The molecule has 0 amide bonds. The maximum absolute atomic E-state index is 11.7. The molecule has 1 aliphatic carbocycles. The van der Waals surface area contributed by atoms with Crippen LogP contribution in [0, 0.1) is 5.92 Å². The molecule has 6 rings (SSSR count). The molecule has 0 radical (unpaired) electrons. The van der Waals surface area contributed by atoms with E-state index in [2.05, 4.69) is 12.1 Å². The predicted octanol–water partition coefficient (Wildman–Crippen LogP) is 4.26. The van der Waals surface area contributed by atoms with E-state index in [0.717, 1.165) is 30.6 Å². The molecule has 3 fully saturated rings. The molecule has 6 nitrogen and oxygen atoms in total. The van der Waals surface area contributed by atoms with Gasteiger partial charge in [-0.15, -0.1) is 0 Å². The summed E-state index contributed by atoms with van der Waals surface area (Å²) in [6.07, 6.45) is 0.580. The lowest BCUT2D eigenvalue weighted by molar-refractivity contribution is -0.0132. The van der Waals surface area contributed by atoms with Crippen LogP contribution in [0.15, 0.2) is 91.0 Å². The van der Waals surface area contributed by atoms with Gasteiger partial charge in [0.2, 0.25) is 0 Å². The average molecular weight is 459 g/mol. The Morgan fingerprint density at radius 2 is 1.29 bits per heavy atom. The summed E-state index contributed by atoms with van der Waals surface area (Å²) >= 11 is 0. The van der Waals surface area contributed by atoms with Crippen molar-refractivity contribution in [3.05, 3.63) is 96.6 Å². The number of nitrogens with zero attached hydrogens (tertiary/aromatic N) is 2. The van der Waals surface area contributed by atoms with E-state index in [1.807, 2.05) is 89.0 Å². The number of fused-ring (bicyclic) bond motifs is 4. The molecule has 7 atom stereocenters. The van der Waals surface area contributed by atoms with Crippen molar-refractivity contribution < 1.29 is 19.9 Å². The highest BCUT2D eigenvalue weighted by Gasteiger charge is 2.57. The SMILES string of the molecule is O[C@@H]([C@H]1[C@@H]2[C@H]3C[C@@H](CC[C@H]2ON1c1ccccc1)ON3c1ccccc1)[C@@H](O)c1ccccc1. The molecule has 6 heteroatoms. The molecule has 0 aromatic heterocycles. The Morgan fingerprint density at radius 1 is 0.706 bits per heavy atom. The van der Waals surface area contributed by atoms with Gasteiger partial charge in [-0.3, -0.25) is 14.7 Å².